The summed E-state index contributed by atoms with van der Waals surface area (Å²) in [5.41, 5.74) is 6.00. The fourth-order valence-corrected chi connectivity index (χ4v) is 4.79. The van der Waals surface area contributed by atoms with E-state index in [9.17, 15) is 4.79 Å². The van der Waals surface area contributed by atoms with Crippen molar-refractivity contribution in [2.75, 3.05) is 31.1 Å². The maximum Gasteiger partial charge on any atom is 0.259 e. The molecule has 0 spiro atoms. The van der Waals surface area contributed by atoms with Crippen molar-refractivity contribution in [3.8, 4) is 10.6 Å². The van der Waals surface area contributed by atoms with E-state index in [0.717, 1.165) is 23.7 Å². The summed E-state index contributed by atoms with van der Waals surface area (Å²) in [6, 6.07) is 12.4. The molecule has 3 aromatic heterocycles. The van der Waals surface area contributed by atoms with Gasteiger partial charge in [0.2, 0.25) is 0 Å². The summed E-state index contributed by atoms with van der Waals surface area (Å²) >= 11 is 1.65. The van der Waals surface area contributed by atoms with E-state index >= 15 is 0 Å². The molecule has 0 bridgehead atoms. The van der Waals surface area contributed by atoms with Crippen LogP contribution in [0.5, 0.6) is 0 Å². The molecule has 0 radical (unpaired) electrons. The molecule has 1 saturated heterocycles. The summed E-state index contributed by atoms with van der Waals surface area (Å²) in [4.78, 5) is 23.1. The summed E-state index contributed by atoms with van der Waals surface area (Å²) < 4.78 is 1.77. The van der Waals surface area contributed by atoms with Crippen molar-refractivity contribution in [1.29, 1.82) is 0 Å². The molecule has 7 heteroatoms. The topological polar surface area (TPSA) is 53.7 Å². The SMILES string of the molecule is Cc1cccc(N2CCN(C(=O)c3cnn4c(-c5cccs5)ccnc34)CC2)c1C. The first kappa shape index (κ1) is 18.8. The molecule has 4 aromatic rings. The van der Waals surface area contributed by atoms with Crippen molar-refractivity contribution in [2.45, 2.75) is 13.8 Å². The minimum atomic E-state index is 0.00134. The van der Waals surface area contributed by atoms with Crippen LogP contribution in [-0.2, 0) is 0 Å². The molecule has 6 nitrogen and oxygen atoms in total. The minimum absolute atomic E-state index is 0.00134. The van der Waals surface area contributed by atoms with E-state index in [0.29, 0.717) is 24.3 Å². The Morgan fingerprint density at radius 1 is 1.03 bits per heavy atom. The van der Waals surface area contributed by atoms with Gasteiger partial charge in [0.05, 0.1) is 16.8 Å². The highest BCUT2D eigenvalue weighted by atomic mass is 32.1. The van der Waals surface area contributed by atoms with E-state index in [1.807, 2.05) is 22.4 Å². The molecule has 1 aliphatic rings. The molecule has 4 heterocycles. The summed E-state index contributed by atoms with van der Waals surface area (Å²) in [5.74, 6) is 0.00134. The number of rotatable bonds is 3. The van der Waals surface area contributed by atoms with Crippen molar-refractivity contribution in [2.24, 2.45) is 0 Å². The lowest BCUT2D eigenvalue weighted by Gasteiger charge is -2.37. The number of piperazine rings is 1. The minimum Gasteiger partial charge on any atom is -0.368 e. The fraction of sp³-hybridized carbons (Fsp3) is 0.261. The average molecular weight is 418 g/mol. The zero-order chi connectivity index (χ0) is 20.7. The van der Waals surface area contributed by atoms with Gasteiger partial charge in [0.25, 0.3) is 5.91 Å². The van der Waals surface area contributed by atoms with Crippen LogP contribution in [0.2, 0.25) is 0 Å². The lowest BCUT2D eigenvalue weighted by atomic mass is 10.1. The number of anilines is 1. The Bertz CT molecular complexity index is 1210. The molecule has 0 atom stereocenters. The zero-order valence-corrected chi connectivity index (χ0v) is 17.9. The van der Waals surface area contributed by atoms with Crippen LogP contribution >= 0.6 is 11.3 Å². The summed E-state index contributed by atoms with van der Waals surface area (Å²) in [5, 5.41) is 6.51. The third kappa shape index (κ3) is 3.15. The monoisotopic (exact) mass is 417 g/mol. The molecule has 0 aliphatic carbocycles. The number of hydrogen-bond donors (Lipinski definition) is 0. The maximum atomic E-state index is 13.3. The first-order chi connectivity index (χ1) is 14.6. The normalized spacial score (nSPS) is 14.5. The van der Waals surface area contributed by atoms with E-state index < -0.39 is 0 Å². The Kier molecular flexibility index (Phi) is 4.75. The predicted octanol–water partition coefficient (Wildman–Crippen LogP) is 4.04. The van der Waals surface area contributed by atoms with Gasteiger partial charge < -0.3 is 9.80 Å². The Labute approximate surface area is 179 Å². The number of carbonyl (C=O) groups is 1. The number of benzene rings is 1. The Balaban J connectivity index is 1.37. The lowest BCUT2D eigenvalue weighted by Crippen LogP contribution is -2.49. The molecule has 1 aliphatic heterocycles. The number of carbonyl (C=O) groups excluding carboxylic acids is 1. The Morgan fingerprint density at radius 3 is 2.63 bits per heavy atom. The summed E-state index contributed by atoms with van der Waals surface area (Å²) in [7, 11) is 0. The van der Waals surface area contributed by atoms with Gasteiger partial charge >= 0.3 is 0 Å². The average Bonchev–Trinajstić information content (AvgIpc) is 3.45. The van der Waals surface area contributed by atoms with Crippen LogP contribution in [0.15, 0.2) is 54.2 Å². The molecule has 5 rings (SSSR count). The van der Waals surface area contributed by atoms with Crippen molar-refractivity contribution in [3.63, 3.8) is 0 Å². The highest BCUT2D eigenvalue weighted by Crippen LogP contribution is 2.27. The fourth-order valence-electron chi connectivity index (χ4n) is 4.05. The third-order valence-electron chi connectivity index (χ3n) is 5.89. The van der Waals surface area contributed by atoms with Crippen LogP contribution in [0.3, 0.4) is 0 Å². The Morgan fingerprint density at radius 2 is 1.87 bits per heavy atom. The highest BCUT2D eigenvalue weighted by molar-refractivity contribution is 7.13. The van der Waals surface area contributed by atoms with Gasteiger partial charge in [-0.15, -0.1) is 11.3 Å². The number of hydrogen-bond acceptors (Lipinski definition) is 5. The number of aryl methyl sites for hydroxylation is 1. The molecular formula is C23H23N5OS. The number of nitrogens with zero attached hydrogens (tertiary/aromatic N) is 5. The molecule has 1 amide bonds. The first-order valence-corrected chi connectivity index (χ1v) is 11.0. The second-order valence-electron chi connectivity index (χ2n) is 7.60. The van der Waals surface area contributed by atoms with Crippen LogP contribution in [0.1, 0.15) is 21.5 Å². The number of thiophene rings is 1. The third-order valence-corrected chi connectivity index (χ3v) is 6.78. The maximum absolute atomic E-state index is 13.3. The van der Waals surface area contributed by atoms with E-state index in [2.05, 4.69) is 53.1 Å². The predicted molar refractivity (Wildman–Crippen MR) is 120 cm³/mol. The number of aromatic nitrogens is 3. The van der Waals surface area contributed by atoms with Crippen LogP contribution in [0.4, 0.5) is 5.69 Å². The van der Waals surface area contributed by atoms with Gasteiger partial charge in [-0.05, 0) is 48.6 Å². The molecule has 0 unspecified atom stereocenters. The van der Waals surface area contributed by atoms with E-state index in [1.54, 1.807) is 28.2 Å². The molecule has 152 valence electrons. The van der Waals surface area contributed by atoms with Gasteiger partial charge in [0.15, 0.2) is 5.65 Å². The Hall–Kier alpha value is -3.19. The summed E-state index contributed by atoms with van der Waals surface area (Å²) in [6.07, 6.45) is 3.40. The summed E-state index contributed by atoms with van der Waals surface area (Å²) in [6.45, 7) is 7.33. The van der Waals surface area contributed by atoms with Crippen molar-refractivity contribution in [1.82, 2.24) is 19.5 Å². The first-order valence-electron chi connectivity index (χ1n) is 10.1. The lowest BCUT2D eigenvalue weighted by molar-refractivity contribution is 0.0748. The second-order valence-corrected chi connectivity index (χ2v) is 8.55. The van der Waals surface area contributed by atoms with Gasteiger partial charge in [-0.2, -0.15) is 5.10 Å². The van der Waals surface area contributed by atoms with Crippen molar-refractivity contribution >= 4 is 28.6 Å². The quantitative estimate of drug-likeness (QED) is 0.505. The second kappa shape index (κ2) is 7.57. The van der Waals surface area contributed by atoms with Crippen LogP contribution < -0.4 is 4.90 Å². The van der Waals surface area contributed by atoms with E-state index in [-0.39, 0.29) is 5.91 Å². The standard InChI is InChI=1S/C23H23N5OS/c1-16-5-3-6-19(17(16)2)26-10-12-27(13-11-26)23(29)18-15-25-28-20(8-9-24-22(18)28)21-7-4-14-30-21/h3-9,14-15H,10-13H2,1-2H3. The van der Waals surface area contributed by atoms with Crippen molar-refractivity contribution in [3.05, 3.63) is 70.9 Å². The molecule has 0 saturated carbocycles. The van der Waals surface area contributed by atoms with Crippen LogP contribution in [-0.4, -0.2) is 51.6 Å². The van der Waals surface area contributed by atoms with Gasteiger partial charge in [0, 0.05) is 38.1 Å². The van der Waals surface area contributed by atoms with Gasteiger partial charge in [0.1, 0.15) is 5.56 Å². The molecule has 0 N–H and O–H groups in total. The van der Waals surface area contributed by atoms with Gasteiger partial charge in [-0.1, -0.05) is 18.2 Å². The number of fused-ring (bicyclic) bond motifs is 1. The highest BCUT2D eigenvalue weighted by Gasteiger charge is 2.26. The molecule has 30 heavy (non-hydrogen) atoms. The van der Waals surface area contributed by atoms with Crippen LogP contribution in [0.25, 0.3) is 16.2 Å². The van der Waals surface area contributed by atoms with Crippen LogP contribution in [0, 0.1) is 13.8 Å². The van der Waals surface area contributed by atoms with E-state index in [1.165, 1.54) is 16.8 Å². The van der Waals surface area contributed by atoms with Crippen molar-refractivity contribution < 1.29 is 4.79 Å². The molecular weight excluding hydrogens is 394 g/mol. The van der Waals surface area contributed by atoms with E-state index in [4.69, 9.17) is 0 Å². The largest absolute Gasteiger partial charge is 0.368 e. The zero-order valence-electron chi connectivity index (χ0n) is 17.1. The smallest absolute Gasteiger partial charge is 0.259 e. The molecule has 1 fully saturated rings. The molecule has 1 aromatic carbocycles. The number of amides is 1. The van der Waals surface area contributed by atoms with Gasteiger partial charge in [-0.25, -0.2) is 9.50 Å². The van der Waals surface area contributed by atoms with Gasteiger partial charge in [-0.3, -0.25) is 4.79 Å².